The summed E-state index contributed by atoms with van der Waals surface area (Å²) in [5.74, 6) is -11.6. The molecule has 0 amide bonds. The Kier molecular flexibility index (Phi) is 3.73. The predicted molar refractivity (Wildman–Crippen MR) is 71.9 cm³/mol. The van der Waals surface area contributed by atoms with Crippen LogP contribution in [-0.4, -0.2) is 28.2 Å². The fourth-order valence-corrected chi connectivity index (χ4v) is 3.52. The third kappa shape index (κ3) is 2.05. The van der Waals surface area contributed by atoms with Crippen LogP contribution in [0.15, 0.2) is 12.1 Å². The van der Waals surface area contributed by atoms with E-state index in [0.29, 0.717) is 0 Å². The first-order chi connectivity index (χ1) is 11.0. The first-order valence-corrected chi connectivity index (χ1v) is 7.53. The Hall–Kier alpha value is -1.28. The maximum atomic E-state index is 14.3. The molecule has 0 aliphatic heterocycles. The number of halogens is 6. The summed E-state index contributed by atoms with van der Waals surface area (Å²) in [5.41, 5.74) is -5.55. The van der Waals surface area contributed by atoms with Crippen LogP contribution in [0.1, 0.15) is 36.8 Å². The van der Waals surface area contributed by atoms with Crippen LogP contribution in [0.2, 0.25) is 0 Å². The SMILES string of the molecule is Cc1ccc(COC23CCC(O)(CC2)C(F)(F)C3(F)F)c(F)c1F. The average Bonchev–Trinajstić information content (AvgIpc) is 2.52. The van der Waals surface area contributed by atoms with Gasteiger partial charge in [0.05, 0.1) is 6.61 Å². The lowest BCUT2D eigenvalue weighted by Gasteiger charge is -2.58. The fraction of sp³-hybridized carbons (Fsp3) is 0.625. The number of aryl methyl sites for hydroxylation is 1. The fourth-order valence-electron chi connectivity index (χ4n) is 3.52. The van der Waals surface area contributed by atoms with Gasteiger partial charge in [-0.15, -0.1) is 0 Å². The van der Waals surface area contributed by atoms with Gasteiger partial charge in [0.15, 0.2) is 11.6 Å². The summed E-state index contributed by atoms with van der Waals surface area (Å²) < 4.78 is 89.1. The van der Waals surface area contributed by atoms with Gasteiger partial charge >= 0.3 is 11.8 Å². The van der Waals surface area contributed by atoms with Crippen molar-refractivity contribution in [2.45, 2.75) is 62.3 Å². The van der Waals surface area contributed by atoms with E-state index in [9.17, 15) is 31.4 Å². The first-order valence-electron chi connectivity index (χ1n) is 7.53. The van der Waals surface area contributed by atoms with E-state index in [1.165, 1.54) is 19.1 Å². The molecule has 1 aromatic carbocycles. The van der Waals surface area contributed by atoms with Gasteiger partial charge in [0.25, 0.3) is 0 Å². The molecule has 3 aliphatic rings. The maximum absolute atomic E-state index is 14.3. The van der Waals surface area contributed by atoms with Crippen LogP contribution in [-0.2, 0) is 11.3 Å². The third-order valence-electron chi connectivity index (χ3n) is 5.30. The number of aliphatic hydroxyl groups is 1. The molecule has 1 aromatic rings. The van der Waals surface area contributed by atoms with Crippen molar-refractivity contribution in [1.82, 2.24) is 0 Å². The number of rotatable bonds is 3. The molecule has 0 aromatic heterocycles. The summed E-state index contributed by atoms with van der Waals surface area (Å²) in [6.45, 7) is 0.576. The number of hydrogen-bond acceptors (Lipinski definition) is 2. The van der Waals surface area contributed by atoms with Crippen LogP contribution in [0.3, 0.4) is 0 Å². The Balaban J connectivity index is 1.89. The first kappa shape index (κ1) is 17.5. The van der Waals surface area contributed by atoms with E-state index in [1.807, 2.05) is 0 Å². The minimum Gasteiger partial charge on any atom is -0.383 e. The lowest BCUT2D eigenvalue weighted by molar-refractivity contribution is -0.404. The minimum atomic E-state index is -4.65. The van der Waals surface area contributed by atoms with Crippen molar-refractivity contribution in [3.8, 4) is 0 Å². The molecule has 0 heterocycles. The number of benzene rings is 1. The van der Waals surface area contributed by atoms with Crippen LogP contribution in [0.5, 0.6) is 0 Å². The van der Waals surface area contributed by atoms with Crippen molar-refractivity contribution < 1.29 is 36.2 Å². The molecule has 0 saturated heterocycles. The van der Waals surface area contributed by atoms with Gasteiger partial charge in [-0.2, -0.15) is 17.6 Å². The second-order valence-electron chi connectivity index (χ2n) is 6.63. The maximum Gasteiger partial charge on any atom is 0.341 e. The molecule has 0 atom stereocenters. The van der Waals surface area contributed by atoms with Gasteiger partial charge in [-0.05, 0) is 38.2 Å². The summed E-state index contributed by atoms with van der Waals surface area (Å²) in [7, 11) is 0. The topological polar surface area (TPSA) is 29.5 Å². The molecule has 0 radical (unpaired) electrons. The normalized spacial score (nSPS) is 33.7. The zero-order chi connectivity index (χ0) is 18.0. The Bertz CT molecular complexity index is 665. The molecular formula is C16H16F6O2. The zero-order valence-corrected chi connectivity index (χ0v) is 12.8. The van der Waals surface area contributed by atoms with Crippen LogP contribution < -0.4 is 0 Å². The van der Waals surface area contributed by atoms with Crippen LogP contribution >= 0.6 is 0 Å². The van der Waals surface area contributed by atoms with Gasteiger partial charge in [-0.3, -0.25) is 0 Å². The summed E-state index contributed by atoms with van der Waals surface area (Å²) in [6.07, 6.45) is -2.05. The molecular weight excluding hydrogens is 338 g/mol. The van der Waals surface area contributed by atoms with E-state index in [-0.39, 0.29) is 11.1 Å². The van der Waals surface area contributed by atoms with Crippen molar-refractivity contribution in [3.05, 3.63) is 34.9 Å². The van der Waals surface area contributed by atoms with E-state index in [2.05, 4.69) is 0 Å². The van der Waals surface area contributed by atoms with Crippen LogP contribution in [0, 0.1) is 18.6 Å². The highest BCUT2D eigenvalue weighted by Crippen LogP contribution is 2.64. The van der Waals surface area contributed by atoms with Crippen molar-refractivity contribution >= 4 is 0 Å². The van der Waals surface area contributed by atoms with Gasteiger partial charge in [-0.25, -0.2) is 8.78 Å². The Morgan fingerprint density at radius 1 is 0.958 bits per heavy atom. The van der Waals surface area contributed by atoms with Crippen molar-refractivity contribution in [3.63, 3.8) is 0 Å². The molecule has 4 rings (SSSR count). The molecule has 3 saturated carbocycles. The van der Waals surface area contributed by atoms with Gasteiger partial charge in [-0.1, -0.05) is 12.1 Å². The molecule has 8 heteroatoms. The summed E-state index contributed by atoms with van der Waals surface area (Å²) in [4.78, 5) is 0. The van der Waals surface area contributed by atoms with Crippen LogP contribution in [0.4, 0.5) is 26.3 Å². The van der Waals surface area contributed by atoms with Crippen molar-refractivity contribution in [1.29, 1.82) is 0 Å². The Morgan fingerprint density at radius 3 is 2.12 bits per heavy atom. The largest absolute Gasteiger partial charge is 0.383 e. The minimum absolute atomic E-state index is 0.0340. The lowest BCUT2D eigenvalue weighted by Crippen LogP contribution is -2.76. The van der Waals surface area contributed by atoms with Gasteiger partial charge in [0, 0.05) is 5.56 Å². The van der Waals surface area contributed by atoms with E-state index in [1.54, 1.807) is 0 Å². The quantitative estimate of drug-likeness (QED) is 0.828. The molecule has 1 N–H and O–H groups in total. The van der Waals surface area contributed by atoms with Crippen LogP contribution in [0.25, 0.3) is 0 Å². The third-order valence-corrected chi connectivity index (χ3v) is 5.30. The molecule has 0 spiro atoms. The lowest BCUT2D eigenvalue weighted by atomic mass is 9.60. The standard InChI is InChI=1S/C16H16F6O2/c1-9-2-3-10(12(18)11(9)17)8-24-14-6-4-13(23,5-7-14)15(19,20)16(14,21)22/h2-3,23H,4-8H2,1H3. The molecule has 0 unspecified atom stereocenters. The summed E-state index contributed by atoms with van der Waals surface area (Å²) in [6, 6.07) is 2.42. The van der Waals surface area contributed by atoms with Gasteiger partial charge < -0.3 is 9.84 Å². The molecule has 2 nitrogen and oxygen atoms in total. The van der Waals surface area contributed by atoms with Crippen molar-refractivity contribution in [2.24, 2.45) is 0 Å². The molecule has 2 bridgehead atoms. The predicted octanol–water partition coefficient (Wildman–Crippen LogP) is 4.12. The van der Waals surface area contributed by atoms with Gasteiger partial charge in [0.2, 0.25) is 0 Å². The number of ether oxygens (including phenoxy) is 1. The molecule has 3 aliphatic carbocycles. The van der Waals surface area contributed by atoms with E-state index < -0.39 is 67.0 Å². The Morgan fingerprint density at radius 2 is 1.54 bits per heavy atom. The number of alkyl halides is 4. The highest BCUT2D eigenvalue weighted by molar-refractivity contribution is 5.26. The zero-order valence-electron chi connectivity index (χ0n) is 12.8. The average molecular weight is 354 g/mol. The molecule has 134 valence electrons. The van der Waals surface area contributed by atoms with E-state index in [0.717, 1.165) is 0 Å². The Labute approximate surface area is 134 Å². The summed E-state index contributed by atoms with van der Waals surface area (Å²) >= 11 is 0. The molecule has 24 heavy (non-hydrogen) atoms. The van der Waals surface area contributed by atoms with Gasteiger partial charge in [0.1, 0.15) is 11.2 Å². The highest BCUT2D eigenvalue weighted by atomic mass is 19.3. The van der Waals surface area contributed by atoms with E-state index >= 15 is 0 Å². The molecule has 3 fully saturated rings. The van der Waals surface area contributed by atoms with E-state index in [4.69, 9.17) is 4.74 Å². The summed E-state index contributed by atoms with van der Waals surface area (Å²) in [5, 5.41) is 9.80. The smallest absolute Gasteiger partial charge is 0.341 e. The second-order valence-corrected chi connectivity index (χ2v) is 6.63. The monoisotopic (exact) mass is 354 g/mol. The number of fused-ring (bicyclic) bond motifs is 3. The number of hydrogen-bond donors (Lipinski definition) is 1. The van der Waals surface area contributed by atoms with Crippen molar-refractivity contribution in [2.75, 3.05) is 0 Å². The highest BCUT2D eigenvalue weighted by Gasteiger charge is 2.82. The second kappa shape index (κ2) is 5.11.